The number of fused-ring (bicyclic) bond motifs is 2. The third kappa shape index (κ3) is 2.91. The maximum Gasteiger partial charge on any atom is 0.337 e. The number of rotatable bonds is 3. The van der Waals surface area contributed by atoms with E-state index in [4.69, 9.17) is 14.2 Å². The molecule has 0 spiro atoms. The van der Waals surface area contributed by atoms with Crippen LogP contribution in [0, 0.1) is 0 Å². The summed E-state index contributed by atoms with van der Waals surface area (Å²) in [5.74, 6) is 1.33. The van der Waals surface area contributed by atoms with E-state index in [1.165, 1.54) is 18.9 Å². The third-order valence-electron chi connectivity index (χ3n) is 4.10. The van der Waals surface area contributed by atoms with Crippen molar-refractivity contribution in [2.75, 3.05) is 24.6 Å². The maximum atomic E-state index is 12.5. The first kappa shape index (κ1) is 15.8. The van der Waals surface area contributed by atoms with E-state index < -0.39 is 5.97 Å². The molecule has 25 heavy (non-hydrogen) atoms. The molecule has 0 bridgehead atoms. The molecule has 0 unspecified atom stereocenters. The molecule has 0 aliphatic carbocycles. The summed E-state index contributed by atoms with van der Waals surface area (Å²) in [6.07, 6.45) is 0. The molecule has 7 heteroatoms. The number of anilines is 1. The van der Waals surface area contributed by atoms with Crippen LogP contribution in [0.4, 0.5) is 5.69 Å². The van der Waals surface area contributed by atoms with Crippen molar-refractivity contribution in [1.82, 2.24) is 0 Å². The van der Waals surface area contributed by atoms with Crippen LogP contribution in [0.25, 0.3) is 0 Å². The van der Waals surface area contributed by atoms with Crippen LogP contribution in [0.1, 0.15) is 15.9 Å². The second-order valence-electron chi connectivity index (χ2n) is 5.63. The summed E-state index contributed by atoms with van der Waals surface area (Å²) in [5.41, 5.74) is 2.08. The monoisotopic (exact) mass is 357 g/mol. The molecule has 0 radical (unpaired) electrons. The second kappa shape index (κ2) is 6.33. The van der Waals surface area contributed by atoms with Gasteiger partial charge in [-0.3, -0.25) is 4.79 Å². The van der Waals surface area contributed by atoms with Crippen LogP contribution in [0.5, 0.6) is 11.5 Å². The molecule has 4 rings (SSSR count). The maximum absolute atomic E-state index is 12.5. The highest BCUT2D eigenvalue weighted by atomic mass is 32.2. The van der Waals surface area contributed by atoms with Gasteiger partial charge in [-0.15, -0.1) is 11.8 Å². The van der Waals surface area contributed by atoms with Crippen LogP contribution < -0.4 is 14.4 Å². The first-order valence-corrected chi connectivity index (χ1v) is 8.68. The molecule has 0 aromatic heterocycles. The van der Waals surface area contributed by atoms with E-state index in [1.807, 2.05) is 24.3 Å². The highest BCUT2D eigenvalue weighted by molar-refractivity contribution is 8.00. The van der Waals surface area contributed by atoms with E-state index in [9.17, 15) is 9.59 Å². The zero-order chi connectivity index (χ0) is 17.4. The van der Waals surface area contributed by atoms with Crippen LogP contribution in [0.2, 0.25) is 0 Å². The number of amides is 1. The number of thioether (sulfide) groups is 1. The Morgan fingerprint density at radius 3 is 2.88 bits per heavy atom. The van der Waals surface area contributed by atoms with E-state index in [0.717, 1.165) is 16.1 Å². The number of carbonyl (C=O) groups is 2. The number of methoxy groups -OCH3 is 1. The predicted octanol–water partition coefficient (Wildman–Crippen LogP) is 2.84. The molecule has 0 fully saturated rings. The first-order valence-electron chi connectivity index (χ1n) is 7.70. The Morgan fingerprint density at radius 2 is 2.04 bits per heavy atom. The van der Waals surface area contributed by atoms with Crippen LogP contribution in [0.3, 0.4) is 0 Å². The van der Waals surface area contributed by atoms with E-state index in [-0.39, 0.29) is 12.7 Å². The zero-order valence-corrected chi connectivity index (χ0v) is 14.3. The summed E-state index contributed by atoms with van der Waals surface area (Å²) in [7, 11) is 1.34. The normalized spacial score (nSPS) is 15.1. The van der Waals surface area contributed by atoms with Gasteiger partial charge in [0.2, 0.25) is 12.7 Å². The first-order chi connectivity index (χ1) is 12.2. The summed E-state index contributed by atoms with van der Waals surface area (Å²) in [4.78, 5) is 26.9. The van der Waals surface area contributed by atoms with Gasteiger partial charge >= 0.3 is 5.97 Å². The number of esters is 1. The van der Waals surface area contributed by atoms with Gasteiger partial charge in [0.1, 0.15) is 0 Å². The lowest BCUT2D eigenvalue weighted by Gasteiger charge is -2.29. The van der Waals surface area contributed by atoms with Gasteiger partial charge in [-0.05, 0) is 35.9 Å². The molecule has 0 atom stereocenters. The van der Waals surface area contributed by atoms with Gasteiger partial charge in [0.15, 0.2) is 11.5 Å². The molecular formula is C18H15NO5S. The van der Waals surface area contributed by atoms with E-state index >= 15 is 0 Å². The van der Waals surface area contributed by atoms with Crippen LogP contribution in [-0.4, -0.2) is 31.5 Å². The Kier molecular flexibility index (Phi) is 4.01. The predicted molar refractivity (Wildman–Crippen MR) is 92.3 cm³/mol. The van der Waals surface area contributed by atoms with Gasteiger partial charge in [-0.25, -0.2) is 4.79 Å². The SMILES string of the molecule is COC(=O)c1ccc2c(c1)N(Cc1ccc3c(c1)OCO3)C(=O)CS2. The number of ether oxygens (including phenoxy) is 3. The Hall–Kier alpha value is -2.67. The van der Waals surface area contributed by atoms with Crippen molar-refractivity contribution in [3.05, 3.63) is 47.5 Å². The van der Waals surface area contributed by atoms with Gasteiger partial charge in [0, 0.05) is 4.90 Å². The van der Waals surface area contributed by atoms with Gasteiger partial charge in [0.05, 0.1) is 30.7 Å². The third-order valence-corrected chi connectivity index (χ3v) is 5.15. The molecule has 0 saturated heterocycles. The van der Waals surface area contributed by atoms with Crippen molar-refractivity contribution < 1.29 is 23.8 Å². The molecule has 1 amide bonds. The molecule has 2 heterocycles. The fourth-order valence-corrected chi connectivity index (χ4v) is 3.76. The Labute approximate surface area is 148 Å². The van der Waals surface area contributed by atoms with Crippen molar-refractivity contribution in [2.45, 2.75) is 11.4 Å². The van der Waals surface area contributed by atoms with Gasteiger partial charge in [-0.2, -0.15) is 0 Å². The fourth-order valence-electron chi connectivity index (χ4n) is 2.84. The lowest BCUT2D eigenvalue weighted by atomic mass is 10.1. The lowest BCUT2D eigenvalue weighted by Crippen LogP contribution is -2.35. The Balaban J connectivity index is 1.68. The Bertz CT molecular complexity index is 867. The second-order valence-corrected chi connectivity index (χ2v) is 6.65. The summed E-state index contributed by atoms with van der Waals surface area (Å²) in [5, 5.41) is 0. The average Bonchev–Trinajstić information content (AvgIpc) is 3.11. The molecule has 2 aliphatic heterocycles. The smallest absolute Gasteiger partial charge is 0.337 e. The number of carbonyl (C=O) groups excluding carboxylic acids is 2. The van der Waals surface area contributed by atoms with Crippen molar-refractivity contribution in [3.63, 3.8) is 0 Å². The van der Waals surface area contributed by atoms with Gasteiger partial charge < -0.3 is 19.1 Å². The summed E-state index contributed by atoms with van der Waals surface area (Å²) in [6.45, 7) is 0.608. The molecule has 2 aromatic rings. The van der Waals surface area contributed by atoms with Crippen molar-refractivity contribution in [1.29, 1.82) is 0 Å². The summed E-state index contributed by atoms with van der Waals surface area (Å²) in [6, 6.07) is 10.9. The molecule has 6 nitrogen and oxygen atoms in total. The molecule has 0 saturated carbocycles. The molecule has 128 valence electrons. The van der Waals surface area contributed by atoms with E-state index in [0.29, 0.717) is 29.4 Å². The van der Waals surface area contributed by atoms with Crippen molar-refractivity contribution in [2.24, 2.45) is 0 Å². The van der Waals surface area contributed by atoms with Crippen LogP contribution >= 0.6 is 11.8 Å². The van der Waals surface area contributed by atoms with Crippen molar-refractivity contribution >= 4 is 29.3 Å². The average molecular weight is 357 g/mol. The zero-order valence-electron chi connectivity index (χ0n) is 13.5. The largest absolute Gasteiger partial charge is 0.465 e. The van der Waals surface area contributed by atoms with Gasteiger partial charge in [-0.1, -0.05) is 6.07 Å². The lowest BCUT2D eigenvalue weighted by molar-refractivity contribution is -0.116. The molecular weight excluding hydrogens is 342 g/mol. The number of benzene rings is 2. The van der Waals surface area contributed by atoms with Gasteiger partial charge in [0.25, 0.3) is 0 Å². The van der Waals surface area contributed by atoms with E-state index in [1.54, 1.807) is 17.0 Å². The minimum absolute atomic E-state index is 0.00261. The fraction of sp³-hybridized carbons (Fsp3) is 0.222. The quantitative estimate of drug-likeness (QED) is 0.787. The van der Waals surface area contributed by atoms with Crippen molar-refractivity contribution in [3.8, 4) is 11.5 Å². The number of hydrogen-bond donors (Lipinski definition) is 0. The number of nitrogens with zero attached hydrogens (tertiary/aromatic N) is 1. The topological polar surface area (TPSA) is 65.1 Å². The van der Waals surface area contributed by atoms with Crippen LogP contribution in [0.15, 0.2) is 41.3 Å². The highest BCUT2D eigenvalue weighted by Crippen LogP contribution is 2.38. The van der Waals surface area contributed by atoms with Crippen LogP contribution in [-0.2, 0) is 16.1 Å². The molecule has 0 N–H and O–H groups in total. The summed E-state index contributed by atoms with van der Waals surface area (Å²) >= 11 is 1.47. The molecule has 2 aliphatic rings. The number of hydrogen-bond acceptors (Lipinski definition) is 6. The minimum atomic E-state index is -0.422. The minimum Gasteiger partial charge on any atom is -0.465 e. The summed E-state index contributed by atoms with van der Waals surface area (Å²) < 4.78 is 15.5. The van der Waals surface area contributed by atoms with E-state index in [2.05, 4.69) is 0 Å². The molecule has 2 aromatic carbocycles. The Morgan fingerprint density at radius 1 is 1.20 bits per heavy atom. The standard InChI is InChI=1S/C18H15NO5S/c1-22-18(21)12-3-5-16-13(7-12)19(17(20)9-25-16)8-11-2-4-14-15(6-11)24-10-23-14/h2-7H,8-10H2,1H3. The highest BCUT2D eigenvalue weighted by Gasteiger charge is 2.26.